The fourth-order valence-corrected chi connectivity index (χ4v) is 3.50. The number of benzene rings is 2. The van der Waals surface area contributed by atoms with Crippen molar-refractivity contribution in [1.29, 1.82) is 0 Å². The van der Waals surface area contributed by atoms with Crippen molar-refractivity contribution in [3.05, 3.63) is 95.4 Å². The molecule has 0 radical (unpaired) electrons. The number of hydrogen-bond donors (Lipinski definition) is 2. The Morgan fingerprint density at radius 3 is 2.67 bits per heavy atom. The summed E-state index contributed by atoms with van der Waals surface area (Å²) >= 11 is 1.63. The van der Waals surface area contributed by atoms with Crippen LogP contribution in [-0.4, -0.2) is 23.4 Å². The molecule has 0 unspecified atom stereocenters. The number of nitrogens with one attached hydrogen (secondary N) is 1. The number of amides is 1. The molecular formula is C24H24N4OS. The number of aromatic nitrogens is 1. The van der Waals surface area contributed by atoms with Crippen LogP contribution in [0.25, 0.3) is 5.57 Å². The van der Waals surface area contributed by atoms with Gasteiger partial charge >= 0.3 is 0 Å². The number of carbonyl (C=O) groups is 1. The van der Waals surface area contributed by atoms with Gasteiger partial charge in [-0.05, 0) is 60.7 Å². The van der Waals surface area contributed by atoms with Crippen molar-refractivity contribution in [2.45, 2.75) is 18.4 Å². The smallest absolute Gasteiger partial charge is 0.251 e. The number of allylic oxidation sites excluding steroid dienone is 1. The van der Waals surface area contributed by atoms with Crippen molar-refractivity contribution in [2.24, 2.45) is 10.7 Å². The van der Waals surface area contributed by atoms with Gasteiger partial charge in [-0.2, -0.15) is 0 Å². The molecule has 5 nitrogen and oxygen atoms in total. The van der Waals surface area contributed by atoms with E-state index in [9.17, 15) is 4.79 Å². The first-order chi connectivity index (χ1) is 14.6. The highest BCUT2D eigenvalue weighted by molar-refractivity contribution is 7.98. The number of carbonyl (C=O) groups excluding carboxylic acids is 1. The second kappa shape index (κ2) is 10.4. The van der Waals surface area contributed by atoms with Crippen molar-refractivity contribution in [3.63, 3.8) is 0 Å². The first-order valence-corrected chi connectivity index (χ1v) is 10.7. The maximum absolute atomic E-state index is 12.5. The van der Waals surface area contributed by atoms with E-state index in [0.29, 0.717) is 12.1 Å². The van der Waals surface area contributed by atoms with E-state index in [4.69, 9.17) is 5.73 Å². The van der Waals surface area contributed by atoms with Crippen molar-refractivity contribution in [3.8, 4) is 0 Å². The summed E-state index contributed by atoms with van der Waals surface area (Å²) < 4.78 is 0. The van der Waals surface area contributed by atoms with Gasteiger partial charge < -0.3 is 11.1 Å². The molecule has 30 heavy (non-hydrogen) atoms. The molecule has 0 saturated heterocycles. The van der Waals surface area contributed by atoms with Gasteiger partial charge in [0.1, 0.15) is 0 Å². The first-order valence-electron chi connectivity index (χ1n) is 9.50. The Kier molecular flexibility index (Phi) is 7.40. The Hall–Kier alpha value is -3.38. The van der Waals surface area contributed by atoms with E-state index < -0.39 is 0 Å². The van der Waals surface area contributed by atoms with E-state index in [1.807, 2.05) is 73.8 Å². The molecule has 6 heteroatoms. The van der Waals surface area contributed by atoms with Gasteiger partial charge in [0.05, 0.1) is 17.9 Å². The summed E-state index contributed by atoms with van der Waals surface area (Å²) in [6, 6.07) is 19.1. The van der Waals surface area contributed by atoms with Crippen LogP contribution in [0, 0.1) is 6.92 Å². The molecule has 0 spiro atoms. The minimum absolute atomic E-state index is 0.127. The molecular weight excluding hydrogens is 392 g/mol. The monoisotopic (exact) mass is 416 g/mol. The summed E-state index contributed by atoms with van der Waals surface area (Å²) in [5.74, 6) is -0.127. The Balaban J connectivity index is 1.69. The van der Waals surface area contributed by atoms with E-state index in [1.54, 1.807) is 24.2 Å². The number of hydrogen-bond acceptors (Lipinski definition) is 5. The third-order valence-corrected chi connectivity index (χ3v) is 5.42. The van der Waals surface area contributed by atoms with Gasteiger partial charge in [0.25, 0.3) is 5.91 Å². The van der Waals surface area contributed by atoms with Crippen molar-refractivity contribution in [1.82, 2.24) is 10.3 Å². The number of thioether (sulfide) groups is 1. The molecule has 1 amide bonds. The van der Waals surface area contributed by atoms with E-state index >= 15 is 0 Å². The standard InChI is InChI=1S/C24H24N4OS/c1-17-8-9-19(13-23(17)30-2)24(29)28-16-22-12-18(10-11-26-22)20(14-25)15-27-21-6-4-3-5-7-21/h3-15H,16,25H2,1-2H3,(H,28,29)/b20-14+,27-15?. The fraction of sp³-hybridized carbons (Fsp3) is 0.125. The topological polar surface area (TPSA) is 80.4 Å². The molecule has 0 saturated carbocycles. The number of rotatable bonds is 7. The predicted octanol–water partition coefficient (Wildman–Crippen LogP) is 4.74. The predicted molar refractivity (Wildman–Crippen MR) is 125 cm³/mol. The zero-order chi connectivity index (χ0) is 21.3. The van der Waals surface area contributed by atoms with E-state index in [2.05, 4.69) is 15.3 Å². The minimum atomic E-state index is -0.127. The molecule has 3 aromatic rings. The quantitative estimate of drug-likeness (QED) is 0.430. The maximum atomic E-state index is 12.5. The largest absolute Gasteiger partial charge is 0.404 e. The Labute approximate surface area is 181 Å². The highest BCUT2D eigenvalue weighted by Gasteiger charge is 2.09. The number of aryl methyl sites for hydroxylation is 1. The van der Waals surface area contributed by atoms with Gasteiger partial charge in [0, 0.05) is 34.6 Å². The number of para-hydroxylation sites is 1. The number of aliphatic imine (C=N–C) groups is 1. The van der Waals surface area contributed by atoms with Crippen LogP contribution in [0.15, 0.2) is 82.9 Å². The lowest BCUT2D eigenvalue weighted by molar-refractivity contribution is 0.0950. The van der Waals surface area contributed by atoms with Gasteiger partial charge in [-0.1, -0.05) is 24.3 Å². The number of nitrogens with two attached hydrogens (primary N) is 1. The minimum Gasteiger partial charge on any atom is -0.404 e. The van der Waals surface area contributed by atoms with Crippen LogP contribution in [0.2, 0.25) is 0 Å². The maximum Gasteiger partial charge on any atom is 0.251 e. The average molecular weight is 417 g/mol. The summed E-state index contributed by atoms with van der Waals surface area (Å²) in [6.07, 6.45) is 6.95. The SMILES string of the molecule is CSc1cc(C(=O)NCc2cc(/C(C=Nc3ccccc3)=C/N)ccn2)ccc1C. The molecule has 3 N–H and O–H groups in total. The molecule has 3 rings (SSSR count). The summed E-state index contributed by atoms with van der Waals surface area (Å²) in [6.45, 7) is 2.36. The lowest BCUT2D eigenvalue weighted by Gasteiger charge is -2.09. The van der Waals surface area contributed by atoms with Crippen LogP contribution in [0.1, 0.15) is 27.2 Å². The summed E-state index contributed by atoms with van der Waals surface area (Å²) in [5.41, 5.74) is 10.9. The molecule has 152 valence electrons. The van der Waals surface area contributed by atoms with Crippen molar-refractivity contribution < 1.29 is 4.79 Å². The van der Waals surface area contributed by atoms with Gasteiger partial charge in [0.15, 0.2) is 0 Å². The fourth-order valence-electron chi connectivity index (χ4n) is 2.86. The van der Waals surface area contributed by atoms with E-state index in [1.165, 1.54) is 6.20 Å². The second-order valence-corrected chi connectivity index (χ2v) is 7.47. The van der Waals surface area contributed by atoms with Gasteiger partial charge in [0.2, 0.25) is 0 Å². The number of nitrogens with zero attached hydrogens (tertiary/aromatic N) is 2. The van der Waals surface area contributed by atoms with Crippen LogP contribution in [0.3, 0.4) is 0 Å². The van der Waals surface area contributed by atoms with Gasteiger partial charge in [-0.3, -0.25) is 14.8 Å². The molecule has 0 aliphatic heterocycles. The highest BCUT2D eigenvalue weighted by Crippen LogP contribution is 2.21. The summed E-state index contributed by atoms with van der Waals surface area (Å²) in [5, 5.41) is 2.93. The zero-order valence-electron chi connectivity index (χ0n) is 17.0. The van der Waals surface area contributed by atoms with Crippen LogP contribution < -0.4 is 11.1 Å². The highest BCUT2D eigenvalue weighted by atomic mass is 32.2. The average Bonchev–Trinajstić information content (AvgIpc) is 2.79. The van der Waals surface area contributed by atoms with Gasteiger partial charge in [-0.25, -0.2) is 0 Å². The molecule has 0 atom stereocenters. The lowest BCUT2D eigenvalue weighted by atomic mass is 10.1. The Morgan fingerprint density at radius 2 is 1.93 bits per heavy atom. The van der Waals surface area contributed by atoms with Gasteiger partial charge in [-0.15, -0.1) is 11.8 Å². The third-order valence-electron chi connectivity index (χ3n) is 4.54. The zero-order valence-corrected chi connectivity index (χ0v) is 17.8. The van der Waals surface area contributed by atoms with E-state index in [-0.39, 0.29) is 5.91 Å². The third kappa shape index (κ3) is 5.58. The molecule has 0 bridgehead atoms. The molecule has 1 heterocycles. The molecule has 1 aromatic heterocycles. The Morgan fingerprint density at radius 1 is 1.13 bits per heavy atom. The number of pyridine rings is 1. The van der Waals surface area contributed by atoms with Crippen LogP contribution >= 0.6 is 11.8 Å². The van der Waals surface area contributed by atoms with Crippen molar-refractivity contribution in [2.75, 3.05) is 6.26 Å². The van der Waals surface area contributed by atoms with Crippen LogP contribution in [0.4, 0.5) is 5.69 Å². The van der Waals surface area contributed by atoms with Crippen LogP contribution in [-0.2, 0) is 6.54 Å². The lowest BCUT2D eigenvalue weighted by Crippen LogP contribution is -2.23. The molecule has 0 fully saturated rings. The molecule has 0 aliphatic rings. The summed E-state index contributed by atoms with van der Waals surface area (Å²) in [4.78, 5) is 22.4. The Bertz CT molecular complexity index is 1080. The molecule has 0 aliphatic carbocycles. The first kappa shape index (κ1) is 21.3. The van der Waals surface area contributed by atoms with Crippen molar-refractivity contribution >= 4 is 35.1 Å². The second-order valence-electron chi connectivity index (χ2n) is 6.62. The van der Waals surface area contributed by atoms with E-state index in [0.717, 1.165) is 33.0 Å². The summed E-state index contributed by atoms with van der Waals surface area (Å²) in [7, 11) is 0. The van der Waals surface area contributed by atoms with Crippen LogP contribution in [0.5, 0.6) is 0 Å². The molecule has 2 aromatic carbocycles. The normalized spacial score (nSPS) is 11.6.